The average molecular weight is 306 g/mol. The Balaban J connectivity index is 2.20. The van der Waals surface area contributed by atoms with E-state index in [9.17, 15) is 4.79 Å². The third-order valence-electron chi connectivity index (χ3n) is 3.96. The van der Waals surface area contributed by atoms with Gasteiger partial charge in [0.1, 0.15) is 5.82 Å². The summed E-state index contributed by atoms with van der Waals surface area (Å²) in [7, 11) is 0. The number of aryl methyl sites for hydroxylation is 1. The lowest BCUT2D eigenvalue weighted by Gasteiger charge is -2.02. The Hall–Kier alpha value is -3.49. The highest BCUT2D eigenvalue weighted by Gasteiger charge is 2.23. The maximum absolute atomic E-state index is 12.0. The number of carbonyl (C=O) groups excluding carboxylic acids is 1. The molecule has 0 spiro atoms. The van der Waals surface area contributed by atoms with Crippen LogP contribution < -0.4 is 5.73 Å². The van der Waals surface area contributed by atoms with Gasteiger partial charge >= 0.3 is 0 Å². The Kier molecular flexibility index (Phi) is 2.01. The number of H-pyrrole nitrogens is 2. The molecule has 0 aliphatic heterocycles. The lowest BCUT2D eigenvalue weighted by atomic mass is 10.2. The number of hydrogen-bond donors (Lipinski definition) is 3. The summed E-state index contributed by atoms with van der Waals surface area (Å²) in [5.74, 6) is 0.0125. The molecule has 0 bridgehead atoms. The van der Waals surface area contributed by atoms with Gasteiger partial charge in [0.15, 0.2) is 22.6 Å². The minimum atomic E-state index is -0.578. The number of fused-ring (bicyclic) bond motifs is 4. The lowest BCUT2D eigenvalue weighted by molar-refractivity contribution is 0.100. The summed E-state index contributed by atoms with van der Waals surface area (Å²) in [6, 6.07) is 1.85. The van der Waals surface area contributed by atoms with E-state index >= 15 is 0 Å². The van der Waals surface area contributed by atoms with Crippen LogP contribution in [-0.2, 0) is 0 Å². The minimum absolute atomic E-state index is 0.291. The van der Waals surface area contributed by atoms with Crippen molar-refractivity contribution >= 4 is 44.8 Å². The molecule has 5 heterocycles. The Morgan fingerprint density at radius 1 is 1.17 bits per heavy atom. The molecule has 4 N–H and O–H groups in total. The van der Waals surface area contributed by atoms with Crippen LogP contribution >= 0.6 is 0 Å². The van der Waals surface area contributed by atoms with Crippen molar-refractivity contribution in [1.82, 2.24) is 34.5 Å². The predicted octanol–water partition coefficient (Wildman–Crippen LogP) is 1.04. The molecule has 1 amide bonds. The zero-order valence-corrected chi connectivity index (χ0v) is 12.0. The first-order valence-electron chi connectivity index (χ1n) is 6.93. The van der Waals surface area contributed by atoms with E-state index in [4.69, 9.17) is 5.73 Å². The molecule has 112 valence electrons. The predicted molar refractivity (Wildman–Crippen MR) is 83.1 cm³/mol. The van der Waals surface area contributed by atoms with Gasteiger partial charge in [-0.1, -0.05) is 0 Å². The van der Waals surface area contributed by atoms with Gasteiger partial charge in [-0.25, -0.2) is 19.9 Å². The van der Waals surface area contributed by atoms with Crippen molar-refractivity contribution in [3.8, 4) is 0 Å². The number of primary amides is 1. The summed E-state index contributed by atoms with van der Waals surface area (Å²) in [6.07, 6.45) is 3.28. The van der Waals surface area contributed by atoms with Crippen LogP contribution in [0.5, 0.6) is 0 Å². The molecule has 0 aromatic carbocycles. The highest BCUT2D eigenvalue weighted by Crippen LogP contribution is 2.30. The summed E-state index contributed by atoms with van der Waals surface area (Å²) >= 11 is 0. The number of nitrogens with one attached hydrogen (secondary N) is 2. The quantitative estimate of drug-likeness (QED) is 0.426. The Morgan fingerprint density at radius 3 is 2.87 bits per heavy atom. The molecule has 0 atom stereocenters. The van der Waals surface area contributed by atoms with E-state index < -0.39 is 5.91 Å². The maximum Gasteiger partial charge on any atom is 0.253 e. The van der Waals surface area contributed by atoms with Gasteiger partial charge < -0.3 is 5.73 Å². The second-order valence-electron chi connectivity index (χ2n) is 5.32. The number of hydrogen-bond acceptors (Lipinski definition) is 5. The molecule has 0 unspecified atom stereocenters. The topological polar surface area (TPSA) is 131 Å². The van der Waals surface area contributed by atoms with Crippen LogP contribution in [-0.4, -0.2) is 40.4 Å². The number of pyridine rings is 1. The normalized spacial score (nSPS) is 12.0. The molecule has 0 saturated carbocycles. The summed E-state index contributed by atoms with van der Waals surface area (Å²) in [4.78, 5) is 29.6. The number of aromatic amines is 2. The van der Waals surface area contributed by atoms with Gasteiger partial charge in [0.05, 0.1) is 21.9 Å². The standard InChI is InChI=1S/C14H10N8O/c1-5-17-4-6-8(10(15)23)14-19-11-9-7(20-21-11)2-3-16-13(9)22(14)12(6)18-5/h2-4H,1H3,(H2,15,23)(H2,19,20,21). The molecule has 9 heteroatoms. The van der Waals surface area contributed by atoms with E-state index in [0.29, 0.717) is 39.4 Å². The van der Waals surface area contributed by atoms with E-state index in [1.165, 1.54) is 0 Å². The molecule has 0 fully saturated rings. The monoisotopic (exact) mass is 306 g/mol. The van der Waals surface area contributed by atoms with Gasteiger partial charge in [-0.05, 0) is 13.0 Å². The van der Waals surface area contributed by atoms with E-state index in [2.05, 4.69) is 30.1 Å². The molecular weight excluding hydrogens is 296 g/mol. The second-order valence-corrected chi connectivity index (χ2v) is 5.32. The van der Waals surface area contributed by atoms with Gasteiger partial charge in [0.2, 0.25) is 0 Å². The number of amides is 1. The molecule has 5 aromatic heterocycles. The molecule has 5 aromatic rings. The summed E-state index contributed by atoms with van der Waals surface area (Å²) < 4.78 is 1.75. The molecule has 23 heavy (non-hydrogen) atoms. The number of nitrogens with zero attached hydrogens (tertiary/aromatic N) is 5. The highest BCUT2D eigenvalue weighted by atomic mass is 16.1. The first-order chi connectivity index (χ1) is 11.1. The zero-order chi connectivity index (χ0) is 15.7. The molecular formula is C14H10N8O. The van der Waals surface area contributed by atoms with Gasteiger partial charge in [0.25, 0.3) is 5.91 Å². The fraction of sp³-hybridized carbons (Fsp3) is 0.0714. The van der Waals surface area contributed by atoms with Crippen LogP contribution in [0.1, 0.15) is 16.2 Å². The Labute approximate surface area is 127 Å². The minimum Gasteiger partial charge on any atom is -0.365 e. The number of carbonyl (C=O) groups is 1. The smallest absolute Gasteiger partial charge is 0.253 e. The number of aromatic nitrogens is 7. The fourth-order valence-corrected chi connectivity index (χ4v) is 3.02. The van der Waals surface area contributed by atoms with E-state index in [0.717, 1.165) is 10.9 Å². The average Bonchev–Trinajstić information content (AvgIpc) is 3.08. The van der Waals surface area contributed by atoms with Crippen molar-refractivity contribution in [2.24, 2.45) is 5.73 Å². The zero-order valence-electron chi connectivity index (χ0n) is 12.0. The molecule has 5 rings (SSSR count). The van der Waals surface area contributed by atoms with Crippen molar-refractivity contribution in [3.05, 3.63) is 29.8 Å². The van der Waals surface area contributed by atoms with Crippen molar-refractivity contribution in [3.63, 3.8) is 0 Å². The summed E-state index contributed by atoms with van der Waals surface area (Å²) in [6.45, 7) is 1.78. The van der Waals surface area contributed by atoms with Crippen LogP contribution in [0.15, 0.2) is 18.5 Å². The SMILES string of the molecule is Cc1ncc2c(C(N)=O)c3nc4[nH][nH]c5ccnc(c54)n3c2n1. The van der Waals surface area contributed by atoms with Crippen LogP contribution in [0.2, 0.25) is 0 Å². The van der Waals surface area contributed by atoms with E-state index in [1.807, 2.05) is 6.07 Å². The number of rotatable bonds is 1. The summed E-state index contributed by atoms with van der Waals surface area (Å²) in [5, 5.41) is 7.42. The third-order valence-corrected chi connectivity index (χ3v) is 3.96. The van der Waals surface area contributed by atoms with Crippen molar-refractivity contribution in [1.29, 1.82) is 0 Å². The molecule has 0 radical (unpaired) electrons. The Bertz CT molecular complexity index is 1260. The molecule has 0 aliphatic rings. The van der Waals surface area contributed by atoms with Gasteiger partial charge in [-0.3, -0.25) is 19.4 Å². The van der Waals surface area contributed by atoms with Crippen LogP contribution in [0.4, 0.5) is 0 Å². The highest BCUT2D eigenvalue weighted by molar-refractivity contribution is 6.14. The van der Waals surface area contributed by atoms with Crippen molar-refractivity contribution < 1.29 is 4.79 Å². The molecule has 0 aliphatic carbocycles. The first-order valence-corrected chi connectivity index (χ1v) is 6.93. The largest absolute Gasteiger partial charge is 0.365 e. The lowest BCUT2D eigenvalue weighted by Crippen LogP contribution is -2.11. The van der Waals surface area contributed by atoms with Crippen LogP contribution in [0.3, 0.4) is 0 Å². The second kappa shape index (κ2) is 3.83. The number of nitrogens with two attached hydrogens (primary N) is 1. The van der Waals surface area contributed by atoms with Crippen LogP contribution in [0, 0.1) is 6.92 Å². The van der Waals surface area contributed by atoms with E-state index in [1.54, 1.807) is 23.7 Å². The molecule has 0 saturated heterocycles. The summed E-state index contributed by atoms with van der Waals surface area (Å²) in [5.41, 5.74) is 8.96. The first kappa shape index (κ1) is 12.1. The maximum atomic E-state index is 12.0. The van der Waals surface area contributed by atoms with Gasteiger partial charge in [-0.15, -0.1) is 0 Å². The Morgan fingerprint density at radius 2 is 2.04 bits per heavy atom. The fourth-order valence-electron chi connectivity index (χ4n) is 3.02. The van der Waals surface area contributed by atoms with Crippen LogP contribution in [0.25, 0.3) is 38.9 Å². The van der Waals surface area contributed by atoms with E-state index in [-0.39, 0.29) is 0 Å². The van der Waals surface area contributed by atoms with Crippen molar-refractivity contribution in [2.45, 2.75) is 6.92 Å². The molecule has 9 nitrogen and oxygen atoms in total. The van der Waals surface area contributed by atoms with Gasteiger partial charge in [-0.2, -0.15) is 0 Å². The third kappa shape index (κ3) is 1.38. The van der Waals surface area contributed by atoms with Crippen molar-refractivity contribution in [2.75, 3.05) is 0 Å². The van der Waals surface area contributed by atoms with Gasteiger partial charge in [0, 0.05) is 12.4 Å².